The first-order valence-corrected chi connectivity index (χ1v) is 7.58. The Kier molecular flexibility index (Phi) is 5.10. The fourth-order valence-corrected chi connectivity index (χ4v) is 3.26. The van der Waals surface area contributed by atoms with Gasteiger partial charge in [0.15, 0.2) is 0 Å². The summed E-state index contributed by atoms with van der Waals surface area (Å²) in [5.41, 5.74) is 2.96. The Morgan fingerprint density at radius 1 is 1.39 bits per heavy atom. The van der Waals surface area contributed by atoms with E-state index < -0.39 is 0 Å². The minimum Gasteiger partial charge on any atom is -0.305 e. The van der Waals surface area contributed by atoms with Gasteiger partial charge in [0.25, 0.3) is 0 Å². The largest absolute Gasteiger partial charge is 0.305 e. The second-order valence-electron chi connectivity index (χ2n) is 4.86. The van der Waals surface area contributed by atoms with Gasteiger partial charge in [-0.1, -0.05) is 12.1 Å². The molecule has 1 aliphatic heterocycles. The third-order valence-electron chi connectivity index (χ3n) is 3.36. The number of thioether (sulfide) groups is 1. The third-order valence-corrected chi connectivity index (χ3v) is 4.56. The molecule has 0 aromatic heterocycles. The molecule has 18 heavy (non-hydrogen) atoms. The molecule has 0 atom stereocenters. The van der Waals surface area contributed by atoms with Gasteiger partial charge in [-0.25, -0.2) is 0 Å². The summed E-state index contributed by atoms with van der Waals surface area (Å²) < 4.78 is 0. The van der Waals surface area contributed by atoms with Crippen LogP contribution in [0, 0.1) is 11.3 Å². The topological polar surface area (TPSA) is 27.0 Å². The number of nitrogens with zero attached hydrogens (tertiary/aromatic N) is 2. The summed E-state index contributed by atoms with van der Waals surface area (Å²) in [6, 6.07) is 9.11. The first-order valence-electron chi connectivity index (χ1n) is 6.59. The van der Waals surface area contributed by atoms with Crippen molar-refractivity contribution in [2.45, 2.75) is 30.6 Å². The number of hydrogen-bond donors (Lipinski definition) is 0. The molecule has 1 aromatic rings. The van der Waals surface area contributed by atoms with Gasteiger partial charge in [0.1, 0.15) is 0 Å². The molecule has 3 heteroatoms. The maximum absolute atomic E-state index is 8.55. The van der Waals surface area contributed by atoms with Gasteiger partial charge in [0.05, 0.1) is 6.07 Å². The van der Waals surface area contributed by atoms with Crippen LogP contribution in [0.5, 0.6) is 0 Å². The first-order chi connectivity index (χ1) is 8.79. The van der Waals surface area contributed by atoms with Crippen LogP contribution in [-0.2, 0) is 12.8 Å². The molecule has 0 aliphatic carbocycles. The highest BCUT2D eigenvalue weighted by Crippen LogP contribution is 2.30. The first kappa shape index (κ1) is 13.5. The van der Waals surface area contributed by atoms with Gasteiger partial charge in [-0.2, -0.15) is 5.26 Å². The Hall–Kier alpha value is -0.980. The van der Waals surface area contributed by atoms with Crippen molar-refractivity contribution in [3.63, 3.8) is 0 Å². The van der Waals surface area contributed by atoms with E-state index in [0.717, 1.165) is 19.5 Å². The van der Waals surface area contributed by atoms with E-state index in [2.05, 4.69) is 36.2 Å². The van der Waals surface area contributed by atoms with Gasteiger partial charge >= 0.3 is 0 Å². The summed E-state index contributed by atoms with van der Waals surface area (Å²) in [4.78, 5) is 3.71. The summed E-state index contributed by atoms with van der Waals surface area (Å²) in [6.07, 6.45) is 4.25. The maximum Gasteiger partial charge on any atom is 0.0635 e. The average Bonchev–Trinajstić information content (AvgIpc) is 2.42. The molecule has 0 amide bonds. The SMILES string of the molecule is CN(CCC#N)CCc1ccc2c(c1)CCCS2. The third kappa shape index (κ3) is 3.76. The molecule has 1 heterocycles. The second-order valence-corrected chi connectivity index (χ2v) is 5.99. The van der Waals surface area contributed by atoms with E-state index in [-0.39, 0.29) is 0 Å². The Morgan fingerprint density at radius 2 is 2.28 bits per heavy atom. The standard InChI is InChI=1S/C15H20N2S/c1-17(9-3-8-16)10-7-13-5-6-15-14(12-13)4-2-11-18-15/h5-6,12H,2-4,7,9-11H2,1H3. The molecule has 1 aromatic carbocycles. The predicted molar refractivity (Wildman–Crippen MR) is 76.9 cm³/mol. The van der Waals surface area contributed by atoms with Crippen molar-refractivity contribution in [3.05, 3.63) is 29.3 Å². The van der Waals surface area contributed by atoms with Crippen molar-refractivity contribution < 1.29 is 0 Å². The minimum atomic E-state index is 0.622. The number of fused-ring (bicyclic) bond motifs is 1. The second kappa shape index (κ2) is 6.82. The van der Waals surface area contributed by atoms with Crippen LogP contribution in [0.1, 0.15) is 24.0 Å². The van der Waals surface area contributed by atoms with Crippen LogP contribution in [0.15, 0.2) is 23.1 Å². The zero-order valence-electron chi connectivity index (χ0n) is 11.0. The van der Waals surface area contributed by atoms with Crippen molar-refractivity contribution >= 4 is 11.8 Å². The molecule has 0 N–H and O–H groups in total. The van der Waals surface area contributed by atoms with Gasteiger partial charge in [-0.3, -0.25) is 0 Å². The molecule has 0 radical (unpaired) electrons. The number of likely N-dealkylation sites (N-methyl/N-ethyl adjacent to an activating group) is 1. The van der Waals surface area contributed by atoms with Crippen molar-refractivity contribution in [1.82, 2.24) is 4.90 Å². The van der Waals surface area contributed by atoms with E-state index in [1.807, 2.05) is 11.8 Å². The number of hydrogen-bond acceptors (Lipinski definition) is 3. The van der Waals surface area contributed by atoms with Crippen LogP contribution in [0.2, 0.25) is 0 Å². The van der Waals surface area contributed by atoms with Crippen molar-refractivity contribution in [3.8, 4) is 6.07 Å². The van der Waals surface area contributed by atoms with E-state index in [1.54, 1.807) is 0 Å². The molecular weight excluding hydrogens is 240 g/mol. The van der Waals surface area contributed by atoms with Crippen LogP contribution in [0.4, 0.5) is 0 Å². The van der Waals surface area contributed by atoms with Gasteiger partial charge in [0, 0.05) is 24.4 Å². The van der Waals surface area contributed by atoms with Crippen LogP contribution in [0.3, 0.4) is 0 Å². The lowest BCUT2D eigenvalue weighted by Crippen LogP contribution is -2.22. The normalized spacial score (nSPS) is 14.3. The zero-order valence-corrected chi connectivity index (χ0v) is 11.8. The molecule has 0 bridgehead atoms. The van der Waals surface area contributed by atoms with E-state index in [9.17, 15) is 0 Å². The summed E-state index contributed by atoms with van der Waals surface area (Å²) in [5, 5.41) is 8.55. The summed E-state index contributed by atoms with van der Waals surface area (Å²) in [6.45, 7) is 1.91. The van der Waals surface area contributed by atoms with Gasteiger partial charge < -0.3 is 4.90 Å². The van der Waals surface area contributed by atoms with Gasteiger partial charge in [-0.05, 0) is 49.3 Å². The molecule has 0 spiro atoms. The molecular formula is C15H20N2S. The molecule has 0 saturated heterocycles. The Bertz CT molecular complexity index is 437. The summed E-state index contributed by atoms with van der Waals surface area (Å²) in [5.74, 6) is 1.27. The van der Waals surface area contributed by atoms with Crippen molar-refractivity contribution in [1.29, 1.82) is 5.26 Å². The van der Waals surface area contributed by atoms with E-state index in [1.165, 1.54) is 34.6 Å². The highest BCUT2D eigenvalue weighted by Gasteiger charge is 2.10. The number of rotatable bonds is 5. The number of benzene rings is 1. The van der Waals surface area contributed by atoms with Crippen LogP contribution < -0.4 is 0 Å². The smallest absolute Gasteiger partial charge is 0.0635 e. The quantitative estimate of drug-likeness (QED) is 0.814. The zero-order chi connectivity index (χ0) is 12.8. The number of aryl methyl sites for hydroxylation is 1. The predicted octanol–water partition coefficient (Wildman–Crippen LogP) is 3.11. The Labute approximate surface area is 114 Å². The average molecular weight is 260 g/mol. The van der Waals surface area contributed by atoms with Crippen LogP contribution >= 0.6 is 11.8 Å². The molecule has 0 fully saturated rings. The molecule has 0 unspecified atom stereocenters. The molecule has 1 aliphatic rings. The fraction of sp³-hybridized carbons (Fsp3) is 0.533. The fourth-order valence-electron chi connectivity index (χ4n) is 2.24. The number of nitriles is 1. The van der Waals surface area contributed by atoms with Crippen LogP contribution in [0.25, 0.3) is 0 Å². The van der Waals surface area contributed by atoms with Crippen molar-refractivity contribution in [2.75, 3.05) is 25.9 Å². The lowest BCUT2D eigenvalue weighted by molar-refractivity contribution is 0.346. The van der Waals surface area contributed by atoms with Gasteiger partial charge in [-0.15, -0.1) is 11.8 Å². The van der Waals surface area contributed by atoms with E-state index in [4.69, 9.17) is 5.26 Å². The molecule has 0 saturated carbocycles. The van der Waals surface area contributed by atoms with Crippen molar-refractivity contribution in [2.24, 2.45) is 0 Å². The van der Waals surface area contributed by atoms with Crippen LogP contribution in [-0.4, -0.2) is 30.8 Å². The minimum absolute atomic E-state index is 0.622. The Balaban J connectivity index is 1.88. The monoisotopic (exact) mass is 260 g/mol. The summed E-state index contributed by atoms with van der Waals surface area (Å²) >= 11 is 1.99. The Morgan fingerprint density at radius 3 is 3.11 bits per heavy atom. The van der Waals surface area contributed by atoms with E-state index in [0.29, 0.717) is 6.42 Å². The maximum atomic E-state index is 8.55. The highest BCUT2D eigenvalue weighted by molar-refractivity contribution is 7.99. The molecule has 2 nitrogen and oxygen atoms in total. The molecule has 96 valence electrons. The lowest BCUT2D eigenvalue weighted by Gasteiger charge is -2.18. The lowest BCUT2D eigenvalue weighted by atomic mass is 10.0. The van der Waals surface area contributed by atoms with Gasteiger partial charge in [0.2, 0.25) is 0 Å². The summed E-state index contributed by atoms with van der Waals surface area (Å²) in [7, 11) is 2.09. The molecule has 2 rings (SSSR count). The van der Waals surface area contributed by atoms with E-state index >= 15 is 0 Å². The highest BCUT2D eigenvalue weighted by atomic mass is 32.2.